The van der Waals surface area contributed by atoms with Gasteiger partial charge in [-0.15, -0.1) is 11.3 Å². The molecule has 208 valence electrons. The number of benzene rings is 1. The number of thiazole rings is 1. The topological polar surface area (TPSA) is 221 Å². The van der Waals surface area contributed by atoms with Crippen molar-refractivity contribution in [1.82, 2.24) is 31.2 Å². The summed E-state index contributed by atoms with van der Waals surface area (Å²) in [5.41, 5.74) is 5.48. The molecule has 2 aromatic heterocycles. The minimum atomic E-state index is -0.989. The molecule has 4 rings (SSSR count). The lowest BCUT2D eigenvalue weighted by atomic mass is 9.98. The van der Waals surface area contributed by atoms with Gasteiger partial charge in [0.2, 0.25) is 17.2 Å². The van der Waals surface area contributed by atoms with E-state index in [1.807, 2.05) is 30.3 Å². The van der Waals surface area contributed by atoms with Gasteiger partial charge in [-0.05, 0) is 12.5 Å². The summed E-state index contributed by atoms with van der Waals surface area (Å²) in [6.45, 7) is 1.58. The first-order chi connectivity index (χ1) is 19.1. The van der Waals surface area contributed by atoms with E-state index in [9.17, 15) is 24.0 Å². The van der Waals surface area contributed by atoms with Crippen molar-refractivity contribution in [2.45, 2.75) is 31.7 Å². The number of β-lactam (4-membered cyclic amide) rings is 1. The van der Waals surface area contributed by atoms with Gasteiger partial charge < -0.3 is 36.7 Å². The molecule has 0 saturated carbocycles. The second-order valence-corrected chi connectivity index (χ2v) is 9.69. The molecule has 8 N–H and O–H groups in total. The van der Waals surface area contributed by atoms with E-state index in [0.717, 1.165) is 23.0 Å². The lowest BCUT2D eigenvalue weighted by Crippen LogP contribution is -2.72. The molecule has 40 heavy (non-hydrogen) atoms. The Labute approximate surface area is 231 Å². The van der Waals surface area contributed by atoms with Gasteiger partial charge in [0.1, 0.15) is 35.8 Å². The van der Waals surface area contributed by atoms with Crippen LogP contribution in [-0.4, -0.2) is 64.0 Å². The van der Waals surface area contributed by atoms with E-state index in [2.05, 4.69) is 31.2 Å². The molecule has 14 nitrogen and oxygen atoms in total. The van der Waals surface area contributed by atoms with Crippen LogP contribution in [0.2, 0.25) is 0 Å². The van der Waals surface area contributed by atoms with Crippen molar-refractivity contribution in [2.75, 3.05) is 12.3 Å². The van der Waals surface area contributed by atoms with Crippen LogP contribution in [0, 0.1) is 5.41 Å². The van der Waals surface area contributed by atoms with Crippen LogP contribution in [0.1, 0.15) is 28.7 Å². The van der Waals surface area contributed by atoms with Gasteiger partial charge in [-0.3, -0.25) is 29.4 Å². The van der Waals surface area contributed by atoms with Crippen LogP contribution in [0.15, 0.2) is 52.8 Å². The van der Waals surface area contributed by atoms with Gasteiger partial charge in [-0.2, -0.15) is 0 Å². The van der Waals surface area contributed by atoms with Crippen LogP contribution in [0.5, 0.6) is 5.75 Å². The molecule has 3 unspecified atom stereocenters. The molecule has 15 heteroatoms. The first kappa shape index (κ1) is 28.0. The highest BCUT2D eigenvalue weighted by Crippen LogP contribution is 2.13. The van der Waals surface area contributed by atoms with E-state index in [1.165, 1.54) is 18.5 Å². The maximum absolute atomic E-state index is 12.6. The molecule has 3 aromatic rings. The summed E-state index contributed by atoms with van der Waals surface area (Å²) in [5.74, 6) is -2.48. The molecular weight excluding hydrogens is 540 g/mol. The first-order valence-corrected chi connectivity index (χ1v) is 12.9. The van der Waals surface area contributed by atoms with Crippen molar-refractivity contribution in [2.24, 2.45) is 0 Å². The van der Waals surface area contributed by atoms with Gasteiger partial charge in [0.25, 0.3) is 11.8 Å². The Bertz CT molecular complexity index is 1500. The fourth-order valence-electron chi connectivity index (χ4n) is 3.65. The molecule has 1 aliphatic rings. The summed E-state index contributed by atoms with van der Waals surface area (Å²) in [4.78, 5) is 68.3. The van der Waals surface area contributed by atoms with Gasteiger partial charge in [0, 0.05) is 24.2 Å². The smallest absolute Gasteiger partial charge is 0.272 e. The number of carbonyl (C=O) groups excluding carboxylic acids is 4. The number of aromatic amines is 1. The van der Waals surface area contributed by atoms with Gasteiger partial charge in [-0.25, -0.2) is 4.98 Å². The number of hydrogen-bond donors (Lipinski definition) is 7. The molecule has 3 atom stereocenters. The highest BCUT2D eigenvalue weighted by atomic mass is 32.1. The zero-order valence-corrected chi connectivity index (χ0v) is 22.0. The monoisotopic (exact) mass is 566 g/mol. The third kappa shape index (κ3) is 6.68. The number of nitrogen functional groups attached to an aromatic ring is 1. The molecule has 0 bridgehead atoms. The molecule has 0 spiro atoms. The number of nitrogens with one attached hydrogen (secondary N) is 6. The predicted molar refractivity (Wildman–Crippen MR) is 145 cm³/mol. The summed E-state index contributed by atoms with van der Waals surface area (Å²) in [5, 5.41) is 19.7. The maximum atomic E-state index is 12.6. The quantitative estimate of drug-likeness (QED) is 0.116. The number of nitrogens with zero attached hydrogens (tertiary/aromatic N) is 1. The van der Waals surface area contributed by atoms with Crippen LogP contribution in [0.3, 0.4) is 0 Å². The van der Waals surface area contributed by atoms with Gasteiger partial charge in [0.05, 0.1) is 6.04 Å². The number of hydrogen-bond acceptors (Lipinski definition) is 10. The van der Waals surface area contributed by atoms with Crippen LogP contribution >= 0.6 is 11.3 Å². The fourth-order valence-corrected chi connectivity index (χ4v) is 4.20. The van der Waals surface area contributed by atoms with E-state index in [4.69, 9.17) is 15.9 Å². The lowest BCUT2D eigenvalue weighted by Gasteiger charge is -2.37. The number of amides is 4. The highest BCUT2D eigenvalue weighted by molar-refractivity contribution is 7.13. The Kier molecular flexibility index (Phi) is 8.54. The van der Waals surface area contributed by atoms with Crippen molar-refractivity contribution in [3.63, 3.8) is 0 Å². The minimum absolute atomic E-state index is 0.0428. The number of carbonyl (C=O) groups is 4. The molecular formula is C25H26N8O6S. The SMILES string of the molecule is CC(NC(=O)c1cc(=O)c(OCc2ccccc2)c[nH]1)C(=O)NCC1NC(=O)C1NC(=O)C(=N)c1csc(N)n1. The Morgan fingerprint density at radius 3 is 2.62 bits per heavy atom. The summed E-state index contributed by atoms with van der Waals surface area (Å²) >= 11 is 1.07. The number of ether oxygens (including phenoxy) is 1. The predicted octanol–water partition coefficient (Wildman–Crippen LogP) is -0.722. The van der Waals surface area contributed by atoms with E-state index in [0.29, 0.717) is 0 Å². The Balaban J connectivity index is 1.24. The highest BCUT2D eigenvalue weighted by Gasteiger charge is 2.41. The summed E-state index contributed by atoms with van der Waals surface area (Å²) in [6, 6.07) is 7.76. The minimum Gasteiger partial charge on any atom is -0.483 e. The van der Waals surface area contributed by atoms with Crippen molar-refractivity contribution in [1.29, 1.82) is 5.41 Å². The second kappa shape index (κ2) is 12.2. The standard InChI is InChI=1S/C25H26N8O6S/c1-12(30-22(36)14-7-17(34)18(9-28-14)39-10-13-5-3-2-4-6-13)21(35)29-8-15-20(24(38)31-15)33-23(37)19(26)16-11-40-25(27)32-16/h2-7,9,11-12,15,20,26H,8,10H2,1H3,(H2,27,32)(H,28,34)(H,29,35)(H,30,36)(H,31,38)(H,33,37). The fraction of sp³-hybridized carbons (Fsp3) is 0.240. The number of aromatic nitrogens is 2. The normalized spacial score (nSPS) is 16.6. The molecule has 3 heterocycles. The first-order valence-electron chi connectivity index (χ1n) is 12.0. The van der Waals surface area contributed by atoms with Gasteiger partial charge >= 0.3 is 0 Å². The van der Waals surface area contributed by atoms with Gasteiger partial charge in [-0.1, -0.05) is 30.3 Å². The third-order valence-electron chi connectivity index (χ3n) is 5.90. The summed E-state index contributed by atoms with van der Waals surface area (Å²) in [6.07, 6.45) is 1.28. The van der Waals surface area contributed by atoms with Crippen LogP contribution in [0.4, 0.5) is 5.13 Å². The number of nitrogens with two attached hydrogens (primary N) is 1. The lowest BCUT2D eigenvalue weighted by molar-refractivity contribution is -0.135. The molecule has 1 aromatic carbocycles. The number of H-pyrrole nitrogens is 1. The molecule has 1 aliphatic heterocycles. The van der Waals surface area contributed by atoms with Crippen LogP contribution < -0.4 is 37.2 Å². The third-order valence-corrected chi connectivity index (χ3v) is 6.57. The summed E-state index contributed by atoms with van der Waals surface area (Å²) < 4.78 is 5.51. The molecule has 0 radical (unpaired) electrons. The van der Waals surface area contributed by atoms with E-state index in [-0.39, 0.29) is 35.4 Å². The molecule has 1 saturated heterocycles. The second-order valence-electron chi connectivity index (χ2n) is 8.80. The Hall–Kier alpha value is -5.05. The van der Waals surface area contributed by atoms with Crippen LogP contribution in [0.25, 0.3) is 0 Å². The molecule has 4 amide bonds. The number of anilines is 1. The van der Waals surface area contributed by atoms with Crippen LogP contribution in [-0.2, 0) is 21.0 Å². The van der Waals surface area contributed by atoms with Crippen molar-refractivity contribution in [3.8, 4) is 5.75 Å². The zero-order valence-electron chi connectivity index (χ0n) is 21.1. The zero-order chi connectivity index (χ0) is 28.8. The largest absolute Gasteiger partial charge is 0.483 e. The Morgan fingerprint density at radius 2 is 1.98 bits per heavy atom. The van der Waals surface area contributed by atoms with E-state index < -0.39 is 52.9 Å². The van der Waals surface area contributed by atoms with Crippen molar-refractivity contribution < 1.29 is 23.9 Å². The molecule has 0 aliphatic carbocycles. The summed E-state index contributed by atoms with van der Waals surface area (Å²) in [7, 11) is 0. The van der Waals surface area contributed by atoms with Crippen molar-refractivity contribution in [3.05, 3.63) is 75.1 Å². The van der Waals surface area contributed by atoms with Gasteiger partial charge in [0.15, 0.2) is 10.9 Å². The average molecular weight is 567 g/mol. The number of rotatable bonds is 11. The van der Waals surface area contributed by atoms with Crippen molar-refractivity contribution >= 4 is 45.8 Å². The number of pyridine rings is 1. The average Bonchev–Trinajstić information content (AvgIpc) is 3.38. The van der Waals surface area contributed by atoms with E-state index >= 15 is 0 Å². The molecule has 1 fully saturated rings. The Morgan fingerprint density at radius 1 is 1.23 bits per heavy atom. The van der Waals surface area contributed by atoms with E-state index in [1.54, 1.807) is 0 Å². The maximum Gasteiger partial charge on any atom is 0.272 e.